The summed E-state index contributed by atoms with van der Waals surface area (Å²) in [6.07, 6.45) is 0. The number of hydrogen-bond donors (Lipinski definition) is 2. The molecule has 3 aromatic rings. The van der Waals surface area contributed by atoms with E-state index in [-0.39, 0.29) is 17.2 Å². The van der Waals surface area contributed by atoms with Gasteiger partial charge in [-0.05, 0) is 29.8 Å². The average molecular weight is 406 g/mol. The normalized spacial score (nSPS) is 10.5. The van der Waals surface area contributed by atoms with E-state index in [1.54, 1.807) is 12.1 Å². The highest BCUT2D eigenvalue weighted by atomic mass is 35.5. The van der Waals surface area contributed by atoms with Gasteiger partial charge in [-0.2, -0.15) is 0 Å². The van der Waals surface area contributed by atoms with Gasteiger partial charge in [0.2, 0.25) is 0 Å². The van der Waals surface area contributed by atoms with Crippen molar-refractivity contribution in [3.05, 3.63) is 75.1 Å². The van der Waals surface area contributed by atoms with E-state index in [9.17, 15) is 14.7 Å². The number of Topliss-reactive ketones (excluding diaryl/α,β-unsaturated/α-hetero) is 1. The van der Waals surface area contributed by atoms with Gasteiger partial charge < -0.3 is 10.4 Å². The zero-order chi connectivity index (χ0) is 18.7. The van der Waals surface area contributed by atoms with Crippen molar-refractivity contribution in [2.75, 3.05) is 11.9 Å². The number of hydrogen-bond acceptors (Lipinski definition) is 4. The molecule has 2 aromatic carbocycles. The standard InChI is InChI=1S/C19H13Cl2NO3S/c20-13-6-12(7-14(21)8-13)16(23)10-22-15-9-17(26-18(15)19(24)25)11-4-2-1-3-5-11/h1-9,22H,10H2,(H,24,25). The first-order valence-corrected chi connectivity index (χ1v) is 9.17. The number of carboxylic acid groups (broad SMARTS) is 1. The summed E-state index contributed by atoms with van der Waals surface area (Å²) in [5.41, 5.74) is 1.69. The number of carbonyl (C=O) groups excluding carboxylic acids is 1. The molecule has 1 heterocycles. The van der Waals surface area contributed by atoms with E-state index in [0.717, 1.165) is 21.8 Å². The number of anilines is 1. The van der Waals surface area contributed by atoms with Crippen LogP contribution in [0.1, 0.15) is 20.0 Å². The Balaban J connectivity index is 1.82. The van der Waals surface area contributed by atoms with Gasteiger partial charge in [0.15, 0.2) is 5.78 Å². The van der Waals surface area contributed by atoms with Crippen LogP contribution in [-0.4, -0.2) is 23.4 Å². The minimum Gasteiger partial charge on any atom is -0.477 e. The number of rotatable bonds is 6. The Hall–Kier alpha value is -2.34. The Morgan fingerprint density at radius 3 is 2.27 bits per heavy atom. The molecule has 0 aliphatic carbocycles. The van der Waals surface area contributed by atoms with Crippen molar-refractivity contribution < 1.29 is 14.7 Å². The fourth-order valence-corrected chi connectivity index (χ4v) is 3.92. The summed E-state index contributed by atoms with van der Waals surface area (Å²) in [4.78, 5) is 24.8. The van der Waals surface area contributed by atoms with Gasteiger partial charge in [-0.25, -0.2) is 4.79 Å². The van der Waals surface area contributed by atoms with Crippen LogP contribution in [0.5, 0.6) is 0 Å². The zero-order valence-corrected chi connectivity index (χ0v) is 15.7. The van der Waals surface area contributed by atoms with Gasteiger partial charge in [0, 0.05) is 20.5 Å². The molecule has 3 rings (SSSR count). The summed E-state index contributed by atoms with van der Waals surface area (Å²) >= 11 is 13.0. The number of thiophene rings is 1. The molecule has 0 spiro atoms. The monoisotopic (exact) mass is 405 g/mol. The second kappa shape index (κ2) is 7.91. The van der Waals surface area contributed by atoms with Crippen LogP contribution in [0.2, 0.25) is 10.0 Å². The van der Waals surface area contributed by atoms with Crippen molar-refractivity contribution >= 4 is 52.0 Å². The van der Waals surface area contributed by atoms with Crippen LogP contribution in [0.15, 0.2) is 54.6 Å². The Morgan fingerprint density at radius 2 is 1.65 bits per heavy atom. The molecule has 132 valence electrons. The average Bonchev–Trinajstić information content (AvgIpc) is 3.04. The molecule has 2 N–H and O–H groups in total. The molecule has 4 nitrogen and oxygen atoms in total. The highest BCUT2D eigenvalue weighted by Crippen LogP contribution is 2.34. The van der Waals surface area contributed by atoms with E-state index in [4.69, 9.17) is 23.2 Å². The van der Waals surface area contributed by atoms with Gasteiger partial charge in [0.25, 0.3) is 0 Å². The molecule has 0 fully saturated rings. The van der Waals surface area contributed by atoms with Crippen LogP contribution in [0.3, 0.4) is 0 Å². The predicted molar refractivity (Wildman–Crippen MR) is 106 cm³/mol. The summed E-state index contributed by atoms with van der Waals surface area (Å²) < 4.78 is 0. The van der Waals surface area contributed by atoms with Crippen molar-refractivity contribution in [1.82, 2.24) is 0 Å². The van der Waals surface area contributed by atoms with Crippen molar-refractivity contribution in [3.8, 4) is 10.4 Å². The van der Waals surface area contributed by atoms with Crippen molar-refractivity contribution in [1.29, 1.82) is 0 Å². The third kappa shape index (κ3) is 4.25. The Bertz CT molecular complexity index is 950. The van der Waals surface area contributed by atoms with Gasteiger partial charge in [-0.15, -0.1) is 11.3 Å². The minimum absolute atomic E-state index is 0.0675. The lowest BCUT2D eigenvalue weighted by molar-refractivity contribution is 0.0702. The fourth-order valence-electron chi connectivity index (χ4n) is 2.42. The quantitative estimate of drug-likeness (QED) is 0.515. The smallest absolute Gasteiger partial charge is 0.348 e. The molecule has 0 atom stereocenters. The first kappa shape index (κ1) is 18.5. The zero-order valence-electron chi connectivity index (χ0n) is 13.3. The van der Waals surface area contributed by atoms with Gasteiger partial charge in [0.1, 0.15) is 4.88 Å². The molecule has 0 aliphatic heterocycles. The maximum Gasteiger partial charge on any atom is 0.348 e. The number of carboxylic acids is 1. The predicted octanol–water partition coefficient (Wildman–Crippen LogP) is 5.71. The lowest BCUT2D eigenvalue weighted by Gasteiger charge is -2.06. The van der Waals surface area contributed by atoms with Gasteiger partial charge in [0.05, 0.1) is 12.2 Å². The molecule has 0 aliphatic rings. The molecular formula is C19H13Cl2NO3S. The van der Waals surface area contributed by atoms with Gasteiger partial charge in [-0.1, -0.05) is 53.5 Å². The fraction of sp³-hybridized carbons (Fsp3) is 0.0526. The first-order valence-electron chi connectivity index (χ1n) is 7.60. The molecule has 0 amide bonds. The van der Waals surface area contributed by atoms with E-state index >= 15 is 0 Å². The molecule has 7 heteroatoms. The third-order valence-corrected chi connectivity index (χ3v) is 5.22. The van der Waals surface area contributed by atoms with Crippen LogP contribution < -0.4 is 5.32 Å². The number of ketones is 1. The second-order valence-electron chi connectivity index (χ2n) is 5.46. The molecule has 0 saturated heterocycles. The molecule has 0 radical (unpaired) electrons. The number of halogens is 2. The lowest BCUT2D eigenvalue weighted by Crippen LogP contribution is -2.15. The van der Waals surface area contributed by atoms with E-state index in [1.807, 2.05) is 30.3 Å². The summed E-state index contributed by atoms with van der Waals surface area (Å²) in [6.45, 7) is -0.0675. The summed E-state index contributed by atoms with van der Waals surface area (Å²) in [7, 11) is 0. The summed E-state index contributed by atoms with van der Waals surface area (Å²) in [5, 5.41) is 13.1. The Labute approximate surface area is 164 Å². The number of carbonyl (C=O) groups is 2. The van der Waals surface area contributed by atoms with Crippen molar-refractivity contribution in [3.63, 3.8) is 0 Å². The van der Waals surface area contributed by atoms with Crippen LogP contribution >= 0.6 is 34.5 Å². The molecule has 0 saturated carbocycles. The van der Waals surface area contributed by atoms with Gasteiger partial charge in [-0.3, -0.25) is 4.79 Å². The summed E-state index contributed by atoms with van der Waals surface area (Å²) in [5.74, 6) is -1.28. The highest BCUT2D eigenvalue weighted by Gasteiger charge is 2.17. The van der Waals surface area contributed by atoms with Gasteiger partial charge >= 0.3 is 5.97 Å². The molecule has 0 bridgehead atoms. The largest absolute Gasteiger partial charge is 0.477 e. The van der Waals surface area contributed by atoms with Crippen LogP contribution in [0, 0.1) is 0 Å². The Morgan fingerprint density at radius 1 is 1.00 bits per heavy atom. The minimum atomic E-state index is -1.04. The topological polar surface area (TPSA) is 66.4 Å². The molecular weight excluding hydrogens is 393 g/mol. The highest BCUT2D eigenvalue weighted by molar-refractivity contribution is 7.18. The first-order chi connectivity index (χ1) is 12.4. The van der Waals surface area contributed by atoms with E-state index in [0.29, 0.717) is 21.3 Å². The second-order valence-corrected chi connectivity index (χ2v) is 7.38. The number of nitrogens with one attached hydrogen (secondary N) is 1. The Kier molecular flexibility index (Phi) is 5.61. The SMILES string of the molecule is O=C(CNc1cc(-c2ccccc2)sc1C(=O)O)c1cc(Cl)cc(Cl)c1. The molecule has 0 unspecified atom stereocenters. The van der Waals surface area contributed by atoms with Crippen molar-refractivity contribution in [2.24, 2.45) is 0 Å². The van der Waals surface area contributed by atoms with E-state index in [2.05, 4.69) is 5.32 Å². The van der Waals surface area contributed by atoms with Crippen LogP contribution in [-0.2, 0) is 0 Å². The van der Waals surface area contributed by atoms with Crippen molar-refractivity contribution in [2.45, 2.75) is 0 Å². The van der Waals surface area contributed by atoms with E-state index in [1.165, 1.54) is 12.1 Å². The number of benzene rings is 2. The van der Waals surface area contributed by atoms with E-state index < -0.39 is 5.97 Å². The number of aromatic carboxylic acids is 1. The summed E-state index contributed by atoms with van der Waals surface area (Å²) in [6, 6.07) is 15.8. The van der Waals surface area contributed by atoms with Crippen LogP contribution in [0.25, 0.3) is 10.4 Å². The third-order valence-electron chi connectivity index (χ3n) is 3.61. The van der Waals surface area contributed by atoms with Crippen LogP contribution in [0.4, 0.5) is 5.69 Å². The maximum atomic E-state index is 12.4. The molecule has 1 aromatic heterocycles. The lowest BCUT2D eigenvalue weighted by atomic mass is 10.1. The molecule has 26 heavy (non-hydrogen) atoms. The maximum absolute atomic E-state index is 12.4.